The monoisotopic (exact) mass is 264 g/mol. The molecule has 1 amide bonds. The number of morpholine rings is 1. The maximum atomic E-state index is 11.9. The smallest absolute Gasteiger partial charge is 0.251 e. The molecule has 1 atom stereocenters. The molecule has 0 spiro atoms. The number of nitrogens with one attached hydrogen (secondary N) is 1. The van der Waals surface area contributed by atoms with Gasteiger partial charge >= 0.3 is 0 Å². The van der Waals surface area contributed by atoms with Crippen LogP contribution in [0.25, 0.3) is 0 Å². The van der Waals surface area contributed by atoms with Crippen molar-refractivity contribution in [2.75, 3.05) is 40.4 Å². The van der Waals surface area contributed by atoms with E-state index >= 15 is 0 Å². The lowest BCUT2D eigenvalue weighted by Gasteiger charge is -2.30. The first-order valence-corrected chi connectivity index (χ1v) is 6.41. The second kappa shape index (κ2) is 6.54. The highest BCUT2D eigenvalue weighted by atomic mass is 16.5. The molecule has 1 unspecified atom stereocenters. The third kappa shape index (κ3) is 3.94. The van der Waals surface area contributed by atoms with Crippen molar-refractivity contribution in [3.05, 3.63) is 29.8 Å². The molecular weight excluding hydrogens is 244 g/mol. The lowest BCUT2D eigenvalue weighted by atomic mass is 10.2. The van der Waals surface area contributed by atoms with Crippen LogP contribution in [0.4, 0.5) is 0 Å². The zero-order valence-corrected chi connectivity index (χ0v) is 11.4. The van der Waals surface area contributed by atoms with Crippen LogP contribution in [-0.2, 0) is 4.74 Å². The topological polar surface area (TPSA) is 50.8 Å². The molecule has 0 saturated carbocycles. The molecule has 0 bridgehead atoms. The lowest BCUT2D eigenvalue weighted by molar-refractivity contribution is -0.0175. The first-order valence-electron chi connectivity index (χ1n) is 6.41. The highest BCUT2D eigenvalue weighted by molar-refractivity contribution is 5.94. The molecule has 1 saturated heterocycles. The van der Waals surface area contributed by atoms with Gasteiger partial charge in [-0.05, 0) is 31.3 Å². The summed E-state index contributed by atoms with van der Waals surface area (Å²) in [4.78, 5) is 14.1. The molecule has 0 aliphatic carbocycles. The molecule has 1 fully saturated rings. The Labute approximate surface area is 113 Å². The van der Waals surface area contributed by atoms with Crippen molar-refractivity contribution >= 4 is 5.91 Å². The van der Waals surface area contributed by atoms with E-state index in [9.17, 15) is 4.79 Å². The minimum absolute atomic E-state index is 0.0703. The fourth-order valence-electron chi connectivity index (χ4n) is 2.04. The fraction of sp³-hybridized carbons (Fsp3) is 0.500. The minimum atomic E-state index is -0.0838. The predicted octanol–water partition coefficient (Wildman–Crippen LogP) is 0.756. The van der Waals surface area contributed by atoms with Crippen LogP contribution in [0.5, 0.6) is 5.75 Å². The molecule has 1 aliphatic rings. The van der Waals surface area contributed by atoms with Crippen LogP contribution in [0.3, 0.4) is 0 Å². The Kier molecular flexibility index (Phi) is 4.76. The summed E-state index contributed by atoms with van der Waals surface area (Å²) in [5.41, 5.74) is 0.630. The Morgan fingerprint density at radius 2 is 2.21 bits per heavy atom. The molecule has 1 N–H and O–H groups in total. The van der Waals surface area contributed by atoms with E-state index in [-0.39, 0.29) is 12.0 Å². The van der Waals surface area contributed by atoms with Gasteiger partial charge in [0.05, 0.1) is 19.8 Å². The van der Waals surface area contributed by atoms with Gasteiger partial charge < -0.3 is 19.7 Å². The van der Waals surface area contributed by atoms with E-state index in [0.717, 1.165) is 25.4 Å². The number of nitrogens with zero attached hydrogens (tertiary/aromatic N) is 1. The third-order valence-electron chi connectivity index (χ3n) is 3.18. The summed E-state index contributed by atoms with van der Waals surface area (Å²) >= 11 is 0. The van der Waals surface area contributed by atoms with Crippen molar-refractivity contribution in [3.63, 3.8) is 0 Å². The zero-order valence-electron chi connectivity index (χ0n) is 11.4. The number of likely N-dealkylation sites (N-methyl/N-ethyl adjacent to an activating group) is 1. The SMILES string of the molecule is COc1ccc(C(=O)NCC2CN(C)CCO2)cc1. The molecule has 1 heterocycles. The Bertz CT molecular complexity index is 419. The quantitative estimate of drug-likeness (QED) is 0.872. The summed E-state index contributed by atoms with van der Waals surface area (Å²) in [5.74, 6) is 0.660. The largest absolute Gasteiger partial charge is 0.497 e. The zero-order chi connectivity index (χ0) is 13.7. The van der Waals surface area contributed by atoms with Gasteiger partial charge in [-0.2, -0.15) is 0 Å². The molecule has 5 nitrogen and oxygen atoms in total. The van der Waals surface area contributed by atoms with E-state index in [4.69, 9.17) is 9.47 Å². The average molecular weight is 264 g/mol. The van der Waals surface area contributed by atoms with Gasteiger partial charge in [0, 0.05) is 25.2 Å². The molecule has 19 heavy (non-hydrogen) atoms. The second-order valence-electron chi connectivity index (χ2n) is 4.69. The van der Waals surface area contributed by atoms with E-state index in [2.05, 4.69) is 17.3 Å². The maximum absolute atomic E-state index is 11.9. The second-order valence-corrected chi connectivity index (χ2v) is 4.69. The van der Waals surface area contributed by atoms with Gasteiger partial charge in [0.15, 0.2) is 0 Å². The Morgan fingerprint density at radius 1 is 1.47 bits per heavy atom. The summed E-state index contributed by atoms with van der Waals surface area (Å²) in [7, 11) is 3.66. The maximum Gasteiger partial charge on any atom is 0.251 e. The van der Waals surface area contributed by atoms with E-state index < -0.39 is 0 Å². The van der Waals surface area contributed by atoms with E-state index in [1.54, 1.807) is 31.4 Å². The van der Waals surface area contributed by atoms with Gasteiger partial charge in [-0.25, -0.2) is 0 Å². The van der Waals surface area contributed by atoms with E-state index in [1.165, 1.54) is 0 Å². The van der Waals surface area contributed by atoms with Gasteiger partial charge in [-0.15, -0.1) is 0 Å². The summed E-state index contributed by atoms with van der Waals surface area (Å²) in [6.45, 7) is 3.06. The first kappa shape index (κ1) is 13.8. The van der Waals surface area contributed by atoms with Crippen LogP contribution in [-0.4, -0.2) is 57.3 Å². The lowest BCUT2D eigenvalue weighted by Crippen LogP contribution is -2.45. The van der Waals surface area contributed by atoms with Gasteiger partial charge in [0.25, 0.3) is 5.91 Å². The predicted molar refractivity (Wildman–Crippen MR) is 72.6 cm³/mol. The van der Waals surface area contributed by atoms with Crippen molar-refractivity contribution in [1.29, 1.82) is 0 Å². The summed E-state index contributed by atoms with van der Waals surface area (Å²) < 4.78 is 10.7. The number of carbonyl (C=O) groups is 1. The number of hydrogen-bond donors (Lipinski definition) is 1. The number of methoxy groups -OCH3 is 1. The van der Waals surface area contributed by atoms with Gasteiger partial charge in [-0.3, -0.25) is 4.79 Å². The molecule has 5 heteroatoms. The van der Waals surface area contributed by atoms with E-state index in [1.807, 2.05) is 0 Å². The Balaban J connectivity index is 1.83. The summed E-state index contributed by atoms with van der Waals surface area (Å²) in [6.07, 6.45) is 0.0703. The molecule has 1 aromatic rings. The summed E-state index contributed by atoms with van der Waals surface area (Å²) in [5, 5.41) is 2.90. The standard InChI is InChI=1S/C14H20N2O3/c1-16-7-8-19-13(10-16)9-15-14(17)11-3-5-12(18-2)6-4-11/h3-6,13H,7-10H2,1-2H3,(H,15,17). The number of ether oxygens (including phenoxy) is 2. The number of rotatable bonds is 4. The van der Waals surface area contributed by atoms with Crippen molar-refractivity contribution < 1.29 is 14.3 Å². The third-order valence-corrected chi connectivity index (χ3v) is 3.18. The molecule has 1 aliphatic heterocycles. The minimum Gasteiger partial charge on any atom is -0.497 e. The summed E-state index contributed by atoms with van der Waals surface area (Å²) in [6, 6.07) is 7.06. The number of carbonyl (C=O) groups excluding carboxylic acids is 1. The van der Waals surface area contributed by atoms with Crippen LogP contribution in [0, 0.1) is 0 Å². The van der Waals surface area contributed by atoms with Gasteiger partial charge in [0.1, 0.15) is 5.75 Å². The van der Waals surface area contributed by atoms with Gasteiger partial charge in [-0.1, -0.05) is 0 Å². The van der Waals surface area contributed by atoms with Crippen LogP contribution in [0.1, 0.15) is 10.4 Å². The average Bonchev–Trinajstić information content (AvgIpc) is 2.45. The number of benzene rings is 1. The van der Waals surface area contributed by atoms with Crippen molar-refractivity contribution in [3.8, 4) is 5.75 Å². The molecular formula is C14H20N2O3. The Hall–Kier alpha value is -1.59. The number of amides is 1. The fourth-order valence-corrected chi connectivity index (χ4v) is 2.04. The van der Waals surface area contributed by atoms with Crippen molar-refractivity contribution in [2.24, 2.45) is 0 Å². The number of hydrogen-bond acceptors (Lipinski definition) is 4. The molecule has 2 rings (SSSR count). The van der Waals surface area contributed by atoms with Crippen molar-refractivity contribution in [2.45, 2.75) is 6.10 Å². The molecule has 0 aromatic heterocycles. The van der Waals surface area contributed by atoms with E-state index in [0.29, 0.717) is 12.1 Å². The normalized spacial score (nSPS) is 20.0. The van der Waals surface area contributed by atoms with Gasteiger partial charge in [0.2, 0.25) is 0 Å². The van der Waals surface area contributed by atoms with Crippen LogP contribution in [0.15, 0.2) is 24.3 Å². The van der Waals surface area contributed by atoms with Crippen LogP contribution >= 0.6 is 0 Å². The highest BCUT2D eigenvalue weighted by Crippen LogP contribution is 2.11. The Morgan fingerprint density at radius 3 is 2.84 bits per heavy atom. The highest BCUT2D eigenvalue weighted by Gasteiger charge is 2.18. The molecule has 104 valence electrons. The van der Waals surface area contributed by atoms with Crippen LogP contribution < -0.4 is 10.1 Å². The first-order chi connectivity index (χ1) is 9.19. The molecule has 1 aromatic carbocycles. The van der Waals surface area contributed by atoms with Crippen molar-refractivity contribution in [1.82, 2.24) is 10.2 Å². The van der Waals surface area contributed by atoms with Crippen LogP contribution in [0.2, 0.25) is 0 Å². The molecule has 0 radical (unpaired) electrons.